The summed E-state index contributed by atoms with van der Waals surface area (Å²) >= 11 is 0. The van der Waals surface area contributed by atoms with Gasteiger partial charge in [0.15, 0.2) is 0 Å². The van der Waals surface area contributed by atoms with Crippen molar-refractivity contribution in [3.8, 4) is 6.07 Å². The summed E-state index contributed by atoms with van der Waals surface area (Å²) in [7, 11) is 0. The number of likely N-dealkylation sites (N-methyl/N-ethyl adjacent to an activating group) is 1. The van der Waals surface area contributed by atoms with Gasteiger partial charge in [0.25, 0.3) is 5.91 Å². The van der Waals surface area contributed by atoms with E-state index in [1.54, 1.807) is 11.3 Å². The molecule has 1 aromatic carbocycles. The van der Waals surface area contributed by atoms with Crippen molar-refractivity contribution in [3.05, 3.63) is 59.5 Å². The molecule has 0 radical (unpaired) electrons. The molecule has 2 aromatic rings. The molecule has 0 bridgehead atoms. The summed E-state index contributed by atoms with van der Waals surface area (Å²) in [5.74, 6) is 0.516. The lowest BCUT2D eigenvalue weighted by Gasteiger charge is -2.25. The van der Waals surface area contributed by atoms with E-state index >= 15 is 0 Å². The van der Waals surface area contributed by atoms with Gasteiger partial charge in [-0.3, -0.25) is 9.69 Å². The summed E-state index contributed by atoms with van der Waals surface area (Å²) in [6.07, 6.45) is 2.23. The third-order valence-electron chi connectivity index (χ3n) is 4.98. The molecule has 6 heteroatoms. The molecule has 6 nitrogen and oxygen atoms in total. The van der Waals surface area contributed by atoms with Crippen molar-refractivity contribution in [2.24, 2.45) is 11.0 Å². The van der Waals surface area contributed by atoms with Crippen LogP contribution in [0.3, 0.4) is 0 Å². The number of hydrogen-bond acceptors (Lipinski definition) is 5. The quantitative estimate of drug-likeness (QED) is 0.735. The number of amides is 1. The van der Waals surface area contributed by atoms with Crippen LogP contribution >= 0.6 is 0 Å². The van der Waals surface area contributed by atoms with Crippen LogP contribution in [-0.4, -0.2) is 41.2 Å². The molecule has 0 spiro atoms. The summed E-state index contributed by atoms with van der Waals surface area (Å²) in [6, 6.07) is 13.9. The Kier molecular flexibility index (Phi) is 6.27. The van der Waals surface area contributed by atoms with E-state index in [-0.39, 0.29) is 24.4 Å². The minimum Gasteiger partial charge on any atom is -0.467 e. The molecular formula is C22H26N4O2. The predicted octanol–water partition coefficient (Wildman–Crippen LogP) is 3.75. The minimum atomic E-state index is -0.245. The molecule has 0 saturated carbocycles. The Hall–Kier alpha value is -2.91. The molecule has 1 aliphatic heterocycles. The second-order valence-corrected chi connectivity index (χ2v) is 7.24. The van der Waals surface area contributed by atoms with Gasteiger partial charge in [-0.25, -0.2) is 5.01 Å². The molecule has 2 heterocycles. The van der Waals surface area contributed by atoms with Crippen molar-refractivity contribution in [1.29, 1.82) is 5.26 Å². The van der Waals surface area contributed by atoms with E-state index in [9.17, 15) is 4.79 Å². The number of carbonyl (C=O) groups excluding carboxylic acids is 1. The first-order chi connectivity index (χ1) is 13.5. The van der Waals surface area contributed by atoms with Crippen molar-refractivity contribution in [1.82, 2.24) is 9.91 Å². The Bertz CT molecular complexity index is 865. The topological polar surface area (TPSA) is 72.8 Å². The van der Waals surface area contributed by atoms with E-state index in [0.717, 1.165) is 17.0 Å². The van der Waals surface area contributed by atoms with Crippen LogP contribution in [0, 0.1) is 24.2 Å². The van der Waals surface area contributed by atoms with Gasteiger partial charge in [-0.1, -0.05) is 36.8 Å². The maximum absolute atomic E-state index is 13.1. The standard InChI is InChI=1S/C22H26N4O2/c1-4-25(14-17(3)13-23)15-22(27)26-20(21-6-5-11-28-21)12-19(24-26)18-9-7-16(2)8-10-18/h5-11,17,20H,4,12,14-15H2,1-3H3. The van der Waals surface area contributed by atoms with Gasteiger partial charge in [-0.2, -0.15) is 10.4 Å². The van der Waals surface area contributed by atoms with E-state index in [1.807, 2.05) is 62.1 Å². The molecular weight excluding hydrogens is 352 g/mol. The van der Waals surface area contributed by atoms with Crippen LogP contribution in [0.5, 0.6) is 0 Å². The fourth-order valence-electron chi connectivity index (χ4n) is 3.36. The summed E-state index contributed by atoms with van der Waals surface area (Å²) in [6.45, 7) is 7.39. The van der Waals surface area contributed by atoms with Gasteiger partial charge < -0.3 is 4.42 Å². The third kappa shape index (κ3) is 4.49. The smallest absolute Gasteiger partial charge is 0.257 e. The maximum atomic E-state index is 13.1. The second-order valence-electron chi connectivity index (χ2n) is 7.24. The molecule has 2 atom stereocenters. The van der Waals surface area contributed by atoms with Gasteiger partial charge in [-0.15, -0.1) is 0 Å². The summed E-state index contributed by atoms with van der Waals surface area (Å²) in [5, 5.41) is 15.3. The molecule has 0 saturated heterocycles. The summed E-state index contributed by atoms with van der Waals surface area (Å²) < 4.78 is 5.59. The van der Waals surface area contributed by atoms with E-state index in [0.29, 0.717) is 19.5 Å². The molecule has 146 valence electrons. The van der Waals surface area contributed by atoms with Crippen LogP contribution in [0.2, 0.25) is 0 Å². The van der Waals surface area contributed by atoms with Gasteiger partial charge in [0.1, 0.15) is 11.8 Å². The Morgan fingerprint density at radius 1 is 1.39 bits per heavy atom. The average Bonchev–Trinajstić information content (AvgIpc) is 3.37. The SMILES string of the molecule is CCN(CC(=O)N1N=C(c2ccc(C)cc2)CC1c1ccco1)CC(C)C#N. The van der Waals surface area contributed by atoms with Crippen LogP contribution in [0.1, 0.15) is 43.2 Å². The minimum absolute atomic E-state index is 0.0875. The summed E-state index contributed by atoms with van der Waals surface area (Å²) in [4.78, 5) is 15.1. The number of furan rings is 1. The lowest BCUT2D eigenvalue weighted by molar-refractivity contribution is -0.134. The molecule has 28 heavy (non-hydrogen) atoms. The highest BCUT2D eigenvalue weighted by molar-refractivity contribution is 6.03. The molecule has 0 fully saturated rings. The van der Waals surface area contributed by atoms with E-state index < -0.39 is 0 Å². The summed E-state index contributed by atoms with van der Waals surface area (Å²) in [5.41, 5.74) is 3.08. The lowest BCUT2D eigenvalue weighted by atomic mass is 10.0. The first kappa shape index (κ1) is 19.8. The van der Waals surface area contributed by atoms with Crippen molar-refractivity contribution < 1.29 is 9.21 Å². The molecule has 1 amide bonds. The lowest BCUT2D eigenvalue weighted by Crippen LogP contribution is -2.39. The Morgan fingerprint density at radius 2 is 2.14 bits per heavy atom. The number of rotatable bonds is 7. The van der Waals surface area contributed by atoms with Gasteiger partial charge in [0.2, 0.25) is 0 Å². The Balaban J connectivity index is 1.82. The number of aryl methyl sites for hydroxylation is 1. The van der Waals surface area contributed by atoms with Crippen molar-refractivity contribution in [2.75, 3.05) is 19.6 Å². The second kappa shape index (κ2) is 8.85. The molecule has 1 aliphatic rings. The highest BCUT2D eigenvalue weighted by atomic mass is 16.3. The molecule has 2 unspecified atom stereocenters. The van der Waals surface area contributed by atoms with Crippen molar-refractivity contribution in [3.63, 3.8) is 0 Å². The van der Waals surface area contributed by atoms with Crippen LogP contribution in [0.4, 0.5) is 0 Å². The molecule has 0 N–H and O–H groups in total. The van der Waals surface area contributed by atoms with Crippen LogP contribution in [0.25, 0.3) is 0 Å². The number of nitrogens with zero attached hydrogens (tertiary/aromatic N) is 4. The monoisotopic (exact) mass is 378 g/mol. The van der Waals surface area contributed by atoms with Gasteiger partial charge in [0, 0.05) is 13.0 Å². The molecule has 1 aromatic heterocycles. The zero-order chi connectivity index (χ0) is 20.1. The van der Waals surface area contributed by atoms with Crippen molar-refractivity contribution >= 4 is 11.6 Å². The van der Waals surface area contributed by atoms with Gasteiger partial charge >= 0.3 is 0 Å². The largest absolute Gasteiger partial charge is 0.467 e. The van der Waals surface area contributed by atoms with Crippen molar-refractivity contribution in [2.45, 2.75) is 33.2 Å². The fourth-order valence-corrected chi connectivity index (χ4v) is 3.36. The normalized spacial score (nSPS) is 17.5. The molecule has 0 aliphatic carbocycles. The van der Waals surface area contributed by atoms with E-state index in [1.165, 1.54) is 5.56 Å². The zero-order valence-electron chi connectivity index (χ0n) is 16.6. The third-order valence-corrected chi connectivity index (χ3v) is 4.98. The molecule has 3 rings (SSSR count). The number of hydrogen-bond donors (Lipinski definition) is 0. The number of benzene rings is 1. The van der Waals surface area contributed by atoms with E-state index in [2.05, 4.69) is 11.2 Å². The predicted molar refractivity (Wildman–Crippen MR) is 108 cm³/mol. The number of carbonyl (C=O) groups is 1. The maximum Gasteiger partial charge on any atom is 0.257 e. The highest BCUT2D eigenvalue weighted by Crippen LogP contribution is 2.33. The van der Waals surface area contributed by atoms with E-state index in [4.69, 9.17) is 9.68 Å². The highest BCUT2D eigenvalue weighted by Gasteiger charge is 2.35. The fraction of sp³-hybridized carbons (Fsp3) is 0.409. The number of nitriles is 1. The Morgan fingerprint density at radius 3 is 2.75 bits per heavy atom. The first-order valence-electron chi connectivity index (χ1n) is 9.63. The van der Waals surface area contributed by atoms with Crippen LogP contribution in [-0.2, 0) is 4.79 Å². The average molecular weight is 378 g/mol. The van der Waals surface area contributed by atoms with Gasteiger partial charge in [-0.05, 0) is 38.1 Å². The number of hydrazone groups is 1. The first-order valence-corrected chi connectivity index (χ1v) is 9.63. The van der Waals surface area contributed by atoms with Crippen LogP contribution < -0.4 is 0 Å². The zero-order valence-corrected chi connectivity index (χ0v) is 16.6. The Labute approximate surface area is 166 Å². The van der Waals surface area contributed by atoms with Gasteiger partial charge in [0.05, 0.1) is 30.5 Å². The van der Waals surface area contributed by atoms with Crippen LogP contribution in [0.15, 0.2) is 52.2 Å².